The lowest BCUT2D eigenvalue weighted by molar-refractivity contribution is -0.493. The van der Waals surface area contributed by atoms with Crippen LogP contribution in [-0.4, -0.2) is 34.9 Å². The molecule has 3 heteroatoms. The summed E-state index contributed by atoms with van der Waals surface area (Å²) < 4.78 is 1.76. The highest BCUT2D eigenvalue weighted by atomic mass is 16.3. The molecule has 0 radical (unpaired) electrons. The van der Waals surface area contributed by atoms with Crippen molar-refractivity contribution in [2.75, 3.05) is 7.05 Å². The van der Waals surface area contributed by atoms with Crippen LogP contribution in [-0.2, 0) is 0 Å². The maximum Gasteiger partial charge on any atom is 0.204 e. The fourth-order valence-corrected chi connectivity index (χ4v) is 1.11. The van der Waals surface area contributed by atoms with Gasteiger partial charge in [0.1, 0.15) is 6.21 Å². The molecule has 14 heavy (non-hydrogen) atoms. The van der Waals surface area contributed by atoms with Crippen LogP contribution in [0.25, 0.3) is 0 Å². The Labute approximate surface area is 85.5 Å². The fraction of sp³-hybridized carbons (Fsp3) is 0.636. The molecule has 0 bridgehead atoms. The van der Waals surface area contributed by atoms with Crippen molar-refractivity contribution in [2.45, 2.75) is 33.3 Å². The molecule has 78 valence electrons. The van der Waals surface area contributed by atoms with Gasteiger partial charge in [-0.1, -0.05) is 24.6 Å². The molecular formula is C11H19N2O+. The lowest BCUT2D eigenvalue weighted by atomic mass is 9.76. The molecule has 0 fully saturated rings. The van der Waals surface area contributed by atoms with Gasteiger partial charge in [0, 0.05) is 5.41 Å². The average Bonchev–Trinajstić information content (AvgIpc) is 2.31. The molecular weight excluding hydrogens is 176 g/mol. The van der Waals surface area contributed by atoms with E-state index in [1.807, 2.05) is 47.0 Å². The van der Waals surface area contributed by atoms with Gasteiger partial charge in [-0.3, -0.25) is 0 Å². The Bertz CT molecular complexity index is 317. The van der Waals surface area contributed by atoms with Gasteiger partial charge in [-0.25, -0.2) is 0 Å². The lowest BCUT2D eigenvalue weighted by Gasteiger charge is -2.34. The second kappa shape index (κ2) is 3.31. The van der Waals surface area contributed by atoms with Gasteiger partial charge in [-0.15, -0.1) is 0 Å². The molecule has 0 spiro atoms. The summed E-state index contributed by atoms with van der Waals surface area (Å²) >= 11 is 0. The summed E-state index contributed by atoms with van der Waals surface area (Å²) in [6, 6.07) is 0. The molecule has 0 unspecified atom stereocenters. The summed E-state index contributed by atoms with van der Waals surface area (Å²) in [6.07, 6.45) is 5.78. The number of nitrogens with zero attached hydrogens (tertiary/aromatic N) is 2. The molecule has 1 aliphatic heterocycles. The normalized spacial score (nSPS) is 20.4. The summed E-state index contributed by atoms with van der Waals surface area (Å²) in [5, 5.41) is 14.0. The standard InChI is InChI=1S/C11H19N2O/c1-10(2,11(3,4)14)6-9-7-12-13(5)8-9/h6-8,14H,1-5H3/q+1. The molecule has 0 amide bonds. The van der Waals surface area contributed by atoms with Crippen molar-refractivity contribution in [3.05, 3.63) is 11.6 Å². The molecule has 0 aromatic heterocycles. The zero-order chi connectivity index (χ0) is 11.0. The second-order valence-electron chi connectivity index (χ2n) is 4.87. The Hall–Kier alpha value is -0.960. The molecule has 0 atom stereocenters. The highest BCUT2D eigenvalue weighted by molar-refractivity contribution is 6.03. The minimum Gasteiger partial charge on any atom is -0.390 e. The number of allylic oxidation sites excluding steroid dienone is 1. The van der Waals surface area contributed by atoms with E-state index in [0.29, 0.717) is 0 Å². The van der Waals surface area contributed by atoms with Gasteiger partial charge < -0.3 is 5.11 Å². The smallest absolute Gasteiger partial charge is 0.204 e. The summed E-state index contributed by atoms with van der Waals surface area (Å²) in [5.41, 5.74) is 0.0402. The first-order valence-electron chi connectivity index (χ1n) is 4.79. The van der Waals surface area contributed by atoms with E-state index in [9.17, 15) is 5.11 Å². The van der Waals surface area contributed by atoms with Crippen LogP contribution in [0.15, 0.2) is 16.8 Å². The van der Waals surface area contributed by atoms with Crippen molar-refractivity contribution in [2.24, 2.45) is 10.5 Å². The Morgan fingerprint density at radius 2 is 1.93 bits per heavy atom. The minimum absolute atomic E-state index is 0.268. The highest BCUT2D eigenvalue weighted by Crippen LogP contribution is 2.32. The van der Waals surface area contributed by atoms with Crippen LogP contribution in [0.3, 0.4) is 0 Å². The van der Waals surface area contributed by atoms with Gasteiger partial charge in [-0.05, 0) is 18.9 Å². The van der Waals surface area contributed by atoms with E-state index in [-0.39, 0.29) is 5.41 Å². The third-order valence-corrected chi connectivity index (χ3v) is 2.83. The van der Waals surface area contributed by atoms with Crippen LogP contribution in [0, 0.1) is 5.41 Å². The molecule has 1 N–H and O–H groups in total. The first-order valence-corrected chi connectivity index (χ1v) is 4.79. The van der Waals surface area contributed by atoms with Gasteiger partial charge in [0.2, 0.25) is 6.21 Å². The largest absolute Gasteiger partial charge is 0.390 e. The third-order valence-electron chi connectivity index (χ3n) is 2.83. The zero-order valence-electron chi connectivity index (χ0n) is 9.57. The van der Waals surface area contributed by atoms with Crippen LogP contribution in [0.4, 0.5) is 0 Å². The van der Waals surface area contributed by atoms with Crippen LogP contribution in [0.1, 0.15) is 27.7 Å². The minimum atomic E-state index is -0.733. The van der Waals surface area contributed by atoms with E-state index in [1.54, 1.807) is 10.9 Å². The van der Waals surface area contributed by atoms with Crippen LogP contribution in [0.5, 0.6) is 0 Å². The fourth-order valence-electron chi connectivity index (χ4n) is 1.11. The first-order chi connectivity index (χ1) is 6.22. The molecule has 0 aromatic rings. The second-order valence-corrected chi connectivity index (χ2v) is 4.87. The van der Waals surface area contributed by atoms with E-state index in [0.717, 1.165) is 5.57 Å². The Balaban J connectivity index is 2.93. The zero-order valence-corrected chi connectivity index (χ0v) is 9.57. The van der Waals surface area contributed by atoms with Crippen LogP contribution in [0.2, 0.25) is 0 Å². The van der Waals surface area contributed by atoms with E-state index in [2.05, 4.69) is 5.10 Å². The Morgan fingerprint density at radius 1 is 1.36 bits per heavy atom. The third kappa shape index (κ3) is 2.29. The summed E-state index contributed by atoms with van der Waals surface area (Å²) in [7, 11) is 1.88. The van der Waals surface area contributed by atoms with Crippen LogP contribution >= 0.6 is 0 Å². The van der Waals surface area contributed by atoms with Crippen LogP contribution < -0.4 is 0 Å². The molecule has 3 nitrogen and oxygen atoms in total. The van der Waals surface area contributed by atoms with Gasteiger partial charge >= 0.3 is 0 Å². The van der Waals surface area contributed by atoms with Crippen molar-refractivity contribution in [3.63, 3.8) is 0 Å². The van der Waals surface area contributed by atoms with E-state index < -0.39 is 5.60 Å². The molecule has 0 aromatic carbocycles. The molecule has 1 aliphatic rings. The lowest BCUT2D eigenvalue weighted by Crippen LogP contribution is -2.37. The SMILES string of the molecule is C[N+]1=CC(=CC(C)(C)C(C)(C)O)C=N1. The van der Waals surface area contributed by atoms with Gasteiger partial charge in [0.05, 0.1) is 11.2 Å². The average molecular weight is 195 g/mol. The molecule has 0 aliphatic carbocycles. The van der Waals surface area contributed by atoms with Crippen molar-refractivity contribution in [1.29, 1.82) is 0 Å². The Morgan fingerprint density at radius 3 is 2.29 bits per heavy atom. The highest BCUT2D eigenvalue weighted by Gasteiger charge is 2.33. The predicted octanol–water partition coefficient (Wildman–Crippen LogP) is 1.42. The van der Waals surface area contributed by atoms with E-state index in [4.69, 9.17) is 0 Å². The van der Waals surface area contributed by atoms with Crippen molar-refractivity contribution < 1.29 is 9.79 Å². The van der Waals surface area contributed by atoms with Gasteiger partial charge in [-0.2, -0.15) is 0 Å². The number of hydrogen-bond donors (Lipinski definition) is 1. The Kier molecular flexibility index (Phi) is 2.63. The molecule has 0 saturated carbocycles. The monoisotopic (exact) mass is 195 g/mol. The first kappa shape index (κ1) is 11.1. The number of aliphatic hydroxyl groups is 1. The number of hydrogen-bond acceptors (Lipinski definition) is 2. The van der Waals surface area contributed by atoms with Crippen molar-refractivity contribution in [3.8, 4) is 0 Å². The summed E-state index contributed by atoms with van der Waals surface area (Å²) in [6.45, 7) is 7.67. The van der Waals surface area contributed by atoms with Gasteiger partial charge in [0.25, 0.3) is 0 Å². The maximum absolute atomic E-state index is 9.96. The van der Waals surface area contributed by atoms with E-state index >= 15 is 0 Å². The molecule has 1 heterocycles. The summed E-state index contributed by atoms with van der Waals surface area (Å²) in [4.78, 5) is 0. The predicted molar refractivity (Wildman–Crippen MR) is 58.9 cm³/mol. The van der Waals surface area contributed by atoms with E-state index in [1.165, 1.54) is 0 Å². The number of hydrazone groups is 1. The quantitative estimate of drug-likeness (QED) is 0.665. The maximum atomic E-state index is 9.96. The molecule has 0 saturated heterocycles. The topological polar surface area (TPSA) is 35.6 Å². The summed E-state index contributed by atoms with van der Waals surface area (Å²) in [5.74, 6) is 0. The van der Waals surface area contributed by atoms with Crippen molar-refractivity contribution >= 4 is 12.4 Å². The van der Waals surface area contributed by atoms with Crippen molar-refractivity contribution in [1.82, 2.24) is 0 Å². The van der Waals surface area contributed by atoms with Gasteiger partial charge in [0.15, 0.2) is 7.05 Å². The number of rotatable bonds is 2. The molecule has 1 rings (SSSR count).